The Morgan fingerprint density at radius 2 is 0.912 bits per heavy atom. The van der Waals surface area contributed by atoms with Crippen LogP contribution in [-0.4, -0.2) is 21.8 Å². The van der Waals surface area contributed by atoms with Gasteiger partial charge < -0.3 is 10.6 Å². The highest BCUT2D eigenvalue weighted by Gasteiger charge is 2.49. The molecule has 0 aliphatic rings. The van der Waals surface area contributed by atoms with Crippen LogP contribution in [0.15, 0.2) is 109 Å². The number of carbonyl (C=O) groups excluding carboxylic acids is 2. The molecule has 0 aliphatic carbocycles. The molecule has 0 aliphatic heterocycles. The predicted molar refractivity (Wildman–Crippen MR) is 131 cm³/mol. The number of rotatable bonds is 7. The van der Waals surface area contributed by atoms with Crippen molar-refractivity contribution in [3.05, 3.63) is 132 Å². The maximum Gasteiger partial charge on any atom is 0.270 e. The summed E-state index contributed by atoms with van der Waals surface area (Å²) in [5.41, 5.74) is 0.106. The SMILES string of the molecule is CC(NC(=O)c1ccccn1)(c1ccccc1)C(C)(NC(=O)c1ccccn1)c1ccccc1. The Morgan fingerprint density at radius 1 is 0.559 bits per heavy atom. The minimum absolute atomic E-state index is 0.288. The first kappa shape index (κ1) is 22.9. The van der Waals surface area contributed by atoms with Crippen molar-refractivity contribution in [2.75, 3.05) is 0 Å². The first-order valence-corrected chi connectivity index (χ1v) is 11.0. The fraction of sp³-hybridized carbons (Fsp3) is 0.143. The smallest absolute Gasteiger partial charge is 0.270 e. The van der Waals surface area contributed by atoms with Gasteiger partial charge in [-0.1, -0.05) is 72.8 Å². The van der Waals surface area contributed by atoms with Crippen LogP contribution in [0, 0.1) is 0 Å². The molecule has 4 rings (SSSR count). The molecular formula is C28H26N4O2. The molecule has 0 spiro atoms. The third-order valence-corrected chi connectivity index (χ3v) is 6.22. The van der Waals surface area contributed by atoms with Gasteiger partial charge in [-0.2, -0.15) is 0 Å². The van der Waals surface area contributed by atoms with Crippen LogP contribution in [0.2, 0.25) is 0 Å². The lowest BCUT2D eigenvalue weighted by Gasteiger charge is -2.48. The Hall–Kier alpha value is -4.32. The van der Waals surface area contributed by atoms with Crippen LogP contribution in [0.4, 0.5) is 0 Å². The number of benzene rings is 2. The quantitative estimate of drug-likeness (QED) is 0.435. The van der Waals surface area contributed by atoms with Crippen LogP contribution in [-0.2, 0) is 11.1 Å². The summed E-state index contributed by atoms with van der Waals surface area (Å²) in [5, 5.41) is 6.37. The minimum atomic E-state index is -1.06. The summed E-state index contributed by atoms with van der Waals surface area (Å²) in [6.07, 6.45) is 3.15. The standard InChI is InChI=1S/C28H26N4O2/c1-27(21-13-5-3-6-14-21,31-25(33)23-17-9-11-19-29-23)28(2,22-15-7-4-8-16-22)32-26(34)24-18-10-12-20-30-24/h3-20H,1-2H3,(H,31,33)(H,32,34). The highest BCUT2D eigenvalue weighted by atomic mass is 16.2. The Labute approximate surface area is 199 Å². The Morgan fingerprint density at radius 3 is 1.24 bits per heavy atom. The third kappa shape index (κ3) is 4.43. The molecule has 0 saturated heterocycles. The van der Waals surface area contributed by atoms with E-state index in [1.54, 1.807) is 48.8 Å². The zero-order valence-electron chi connectivity index (χ0n) is 19.1. The van der Waals surface area contributed by atoms with Gasteiger partial charge in [0.25, 0.3) is 11.8 Å². The molecular weight excluding hydrogens is 424 g/mol. The monoisotopic (exact) mass is 450 g/mol. The van der Waals surface area contributed by atoms with E-state index in [9.17, 15) is 9.59 Å². The van der Waals surface area contributed by atoms with E-state index < -0.39 is 11.1 Å². The maximum atomic E-state index is 13.4. The molecule has 4 aromatic rings. The summed E-state index contributed by atoms with van der Waals surface area (Å²) in [6, 6.07) is 29.6. The minimum Gasteiger partial charge on any atom is -0.339 e. The van der Waals surface area contributed by atoms with E-state index in [4.69, 9.17) is 0 Å². The normalized spacial score (nSPS) is 14.3. The van der Waals surface area contributed by atoms with E-state index in [-0.39, 0.29) is 23.2 Å². The van der Waals surface area contributed by atoms with E-state index in [1.807, 2.05) is 74.5 Å². The summed E-state index contributed by atoms with van der Waals surface area (Å²) in [7, 11) is 0. The summed E-state index contributed by atoms with van der Waals surface area (Å²) >= 11 is 0. The lowest BCUT2D eigenvalue weighted by molar-refractivity contribution is 0.0707. The molecule has 2 N–H and O–H groups in total. The van der Waals surface area contributed by atoms with Crippen molar-refractivity contribution in [1.29, 1.82) is 0 Å². The topological polar surface area (TPSA) is 84.0 Å². The Bertz CT molecular complexity index is 1150. The molecule has 0 radical (unpaired) electrons. The highest BCUT2D eigenvalue weighted by Crippen LogP contribution is 2.41. The number of nitrogens with zero attached hydrogens (tertiary/aromatic N) is 2. The van der Waals surface area contributed by atoms with Gasteiger partial charge in [0.15, 0.2) is 0 Å². The molecule has 0 saturated carbocycles. The van der Waals surface area contributed by atoms with E-state index in [1.165, 1.54) is 0 Å². The molecule has 2 unspecified atom stereocenters. The number of hydrogen-bond acceptors (Lipinski definition) is 4. The number of pyridine rings is 2. The van der Waals surface area contributed by atoms with Gasteiger partial charge >= 0.3 is 0 Å². The van der Waals surface area contributed by atoms with Crippen LogP contribution < -0.4 is 10.6 Å². The number of nitrogens with one attached hydrogen (secondary N) is 2. The molecule has 2 aromatic heterocycles. The number of amides is 2. The van der Waals surface area contributed by atoms with E-state index >= 15 is 0 Å². The average Bonchev–Trinajstić information content (AvgIpc) is 2.90. The van der Waals surface area contributed by atoms with Crippen molar-refractivity contribution < 1.29 is 9.59 Å². The first-order valence-electron chi connectivity index (χ1n) is 11.0. The van der Waals surface area contributed by atoms with Crippen molar-refractivity contribution >= 4 is 11.8 Å². The Kier molecular flexibility index (Phi) is 6.50. The Balaban J connectivity index is 1.86. The van der Waals surface area contributed by atoms with Gasteiger partial charge in [-0.25, -0.2) is 0 Å². The van der Waals surface area contributed by atoms with Gasteiger partial charge in [0.05, 0.1) is 11.1 Å². The van der Waals surface area contributed by atoms with Gasteiger partial charge in [-0.05, 0) is 49.2 Å². The lowest BCUT2D eigenvalue weighted by atomic mass is 9.70. The van der Waals surface area contributed by atoms with Crippen LogP contribution in [0.5, 0.6) is 0 Å². The fourth-order valence-corrected chi connectivity index (χ4v) is 4.09. The largest absolute Gasteiger partial charge is 0.339 e. The van der Waals surface area contributed by atoms with Gasteiger partial charge in [0, 0.05) is 12.4 Å². The molecule has 2 atom stereocenters. The summed E-state index contributed by atoms with van der Waals surface area (Å²) in [4.78, 5) is 35.2. The molecule has 170 valence electrons. The summed E-state index contributed by atoms with van der Waals surface area (Å²) < 4.78 is 0. The first-order chi connectivity index (χ1) is 16.4. The number of carbonyl (C=O) groups is 2. The second kappa shape index (κ2) is 9.67. The van der Waals surface area contributed by atoms with Crippen LogP contribution in [0.3, 0.4) is 0 Å². The molecule has 2 heterocycles. The molecule has 6 nitrogen and oxygen atoms in total. The zero-order valence-corrected chi connectivity index (χ0v) is 19.1. The van der Waals surface area contributed by atoms with Crippen molar-refractivity contribution in [3.8, 4) is 0 Å². The van der Waals surface area contributed by atoms with Crippen molar-refractivity contribution in [3.63, 3.8) is 0 Å². The zero-order chi connectivity index (χ0) is 24.0. The average molecular weight is 451 g/mol. The van der Waals surface area contributed by atoms with E-state index in [0.717, 1.165) is 11.1 Å². The van der Waals surface area contributed by atoms with Crippen LogP contribution >= 0.6 is 0 Å². The maximum absolute atomic E-state index is 13.4. The predicted octanol–water partition coefficient (Wildman–Crippen LogP) is 4.47. The summed E-state index contributed by atoms with van der Waals surface area (Å²) in [5.74, 6) is -0.692. The second-order valence-corrected chi connectivity index (χ2v) is 8.32. The molecule has 34 heavy (non-hydrogen) atoms. The highest BCUT2D eigenvalue weighted by molar-refractivity contribution is 5.94. The van der Waals surface area contributed by atoms with Crippen molar-refractivity contribution in [2.45, 2.75) is 24.9 Å². The van der Waals surface area contributed by atoms with Crippen LogP contribution in [0.25, 0.3) is 0 Å². The molecule has 6 heteroatoms. The lowest BCUT2D eigenvalue weighted by Crippen LogP contribution is -2.64. The van der Waals surface area contributed by atoms with E-state index in [2.05, 4.69) is 20.6 Å². The van der Waals surface area contributed by atoms with Crippen molar-refractivity contribution in [2.24, 2.45) is 0 Å². The molecule has 2 amide bonds. The molecule has 2 aromatic carbocycles. The number of hydrogen-bond donors (Lipinski definition) is 2. The number of aromatic nitrogens is 2. The van der Waals surface area contributed by atoms with Crippen molar-refractivity contribution in [1.82, 2.24) is 20.6 Å². The van der Waals surface area contributed by atoms with Gasteiger partial charge in [0.1, 0.15) is 11.4 Å². The van der Waals surface area contributed by atoms with Gasteiger partial charge in [-0.3, -0.25) is 19.6 Å². The fourth-order valence-electron chi connectivity index (χ4n) is 4.09. The third-order valence-electron chi connectivity index (χ3n) is 6.22. The van der Waals surface area contributed by atoms with Crippen LogP contribution in [0.1, 0.15) is 46.0 Å². The second-order valence-electron chi connectivity index (χ2n) is 8.32. The molecule has 0 fully saturated rings. The van der Waals surface area contributed by atoms with Gasteiger partial charge in [0.2, 0.25) is 0 Å². The van der Waals surface area contributed by atoms with E-state index in [0.29, 0.717) is 0 Å². The van der Waals surface area contributed by atoms with Gasteiger partial charge in [-0.15, -0.1) is 0 Å². The summed E-state index contributed by atoms with van der Waals surface area (Å²) in [6.45, 7) is 3.82. The molecule has 0 bridgehead atoms.